The molecule has 0 unspecified atom stereocenters. The second-order valence-electron chi connectivity index (χ2n) is 14.7. The van der Waals surface area contributed by atoms with Crippen molar-refractivity contribution in [1.29, 1.82) is 0 Å². The van der Waals surface area contributed by atoms with Gasteiger partial charge in [0.05, 0.1) is 0 Å². The molecular weight excluding hydrogens is 441 g/mol. The van der Waals surface area contributed by atoms with Crippen molar-refractivity contribution in [2.75, 3.05) is 0 Å². The molecule has 0 saturated carbocycles. The molecule has 0 aliphatic heterocycles. The first-order chi connectivity index (χ1) is 10.7. The van der Waals surface area contributed by atoms with Crippen molar-refractivity contribution >= 4 is 60.2 Å². The first-order valence-corrected chi connectivity index (χ1v) is 41.5. The molecule has 26 heavy (non-hydrogen) atoms. The molecule has 0 aromatic carbocycles. The predicted octanol–water partition coefficient (Wildman–Crippen LogP) is 7.19. The van der Waals surface area contributed by atoms with Crippen LogP contribution in [0.3, 0.4) is 0 Å². The van der Waals surface area contributed by atoms with Crippen molar-refractivity contribution in [2.45, 2.75) is 118 Å². The minimum Gasteiger partial charge on any atom is -0.0721 e. The zero-order valence-electron chi connectivity index (χ0n) is 22.1. The Bertz CT molecular complexity index is 310. The summed E-state index contributed by atoms with van der Waals surface area (Å²) in [7, 11) is -5.24. The first kappa shape index (κ1) is 29.9. The average Bonchev–Trinajstić information content (AvgIpc) is 1.97. The fourth-order valence-corrected chi connectivity index (χ4v) is 196. The Morgan fingerprint density at radius 1 is 0.346 bits per heavy atom. The van der Waals surface area contributed by atoms with Crippen molar-refractivity contribution in [2.24, 2.45) is 0 Å². The predicted molar refractivity (Wildman–Crippen MR) is 153 cm³/mol. The van der Waals surface area contributed by atoms with Gasteiger partial charge in [-0.1, -0.05) is 118 Å². The van der Waals surface area contributed by atoms with Crippen LogP contribution >= 0.6 is 0 Å². The van der Waals surface area contributed by atoms with Gasteiger partial charge >= 0.3 is 0 Å². The van der Waals surface area contributed by atoms with E-state index in [1.165, 1.54) is 0 Å². The average molecular weight is 496 g/mol. The summed E-state index contributed by atoms with van der Waals surface area (Å²) in [6.07, 6.45) is 0. The van der Waals surface area contributed by atoms with Gasteiger partial charge in [-0.15, -0.1) is 0 Å². The quantitative estimate of drug-likeness (QED) is 0.342. The highest BCUT2D eigenvalue weighted by atomic mass is 29.9. The van der Waals surface area contributed by atoms with E-state index in [0.717, 1.165) is 0 Å². The lowest BCUT2D eigenvalue weighted by atomic mass is 11.8. The van der Waals surface area contributed by atoms with Crippen LogP contribution in [0.4, 0.5) is 0 Å². The maximum absolute atomic E-state index is 2.63. The topological polar surface area (TPSA) is 0 Å². The minimum atomic E-state index is -0.832. The standard InChI is InChI=1S/C9H28Si4.C9H27Si4/c2*1-11(2,3)10(12(4,5)6)13(7,8)9/h10H,1-9H3;1-9H3. The Balaban J connectivity index is 0. The maximum atomic E-state index is 2.63. The van der Waals surface area contributed by atoms with Gasteiger partial charge < -0.3 is 0 Å². The van der Waals surface area contributed by atoms with Gasteiger partial charge in [-0.05, 0) is 0 Å². The highest BCUT2D eigenvalue weighted by Gasteiger charge is 2.47. The summed E-state index contributed by atoms with van der Waals surface area (Å²) in [5.74, 6) is 0. The van der Waals surface area contributed by atoms with Crippen molar-refractivity contribution in [3.63, 3.8) is 0 Å². The Labute approximate surface area is 177 Å². The molecule has 0 nitrogen and oxygen atoms in total. The van der Waals surface area contributed by atoms with E-state index in [4.69, 9.17) is 0 Å². The van der Waals surface area contributed by atoms with E-state index in [1.807, 2.05) is 0 Å². The molecule has 0 amide bonds. The lowest BCUT2D eigenvalue weighted by molar-refractivity contribution is 1.77. The van der Waals surface area contributed by atoms with Gasteiger partial charge in [-0.3, -0.25) is 0 Å². The smallest absolute Gasteiger partial charge is 0.0306 e. The third-order valence-corrected chi connectivity index (χ3v) is 131. The maximum Gasteiger partial charge on any atom is 0.0306 e. The van der Waals surface area contributed by atoms with E-state index in [1.54, 1.807) is 0 Å². The molecule has 0 bridgehead atoms. The molecule has 0 atom stereocenters. The minimum absolute atomic E-state index is 0.0255. The molecule has 1 radical (unpaired) electrons. The normalized spacial score (nSPS) is 15.2. The molecule has 0 aromatic heterocycles. The zero-order chi connectivity index (χ0) is 22.2. The molecule has 8 heteroatoms. The van der Waals surface area contributed by atoms with Gasteiger partial charge in [0, 0.05) is 60.2 Å². The van der Waals surface area contributed by atoms with Crippen molar-refractivity contribution in [3.05, 3.63) is 0 Å². The van der Waals surface area contributed by atoms with Gasteiger partial charge in [0.1, 0.15) is 0 Å². The van der Waals surface area contributed by atoms with E-state index in [2.05, 4.69) is 118 Å². The van der Waals surface area contributed by atoms with Crippen LogP contribution in [0.1, 0.15) is 0 Å². The second kappa shape index (κ2) is 9.26. The summed E-state index contributed by atoms with van der Waals surface area (Å²) in [4.78, 5) is 0. The van der Waals surface area contributed by atoms with E-state index in [0.29, 0.717) is 0 Å². The molecule has 0 saturated heterocycles. The van der Waals surface area contributed by atoms with Crippen molar-refractivity contribution in [1.82, 2.24) is 0 Å². The molecule has 0 aromatic rings. The van der Waals surface area contributed by atoms with E-state index < -0.39 is 45.5 Å². The molecule has 0 spiro atoms. The fraction of sp³-hybridized carbons (Fsp3) is 1.00. The monoisotopic (exact) mass is 495 g/mol. The van der Waals surface area contributed by atoms with Crippen LogP contribution < -0.4 is 0 Å². The zero-order valence-corrected chi connectivity index (χ0v) is 30.2. The summed E-state index contributed by atoms with van der Waals surface area (Å²) >= 11 is 0. The van der Waals surface area contributed by atoms with Crippen LogP contribution in [0.5, 0.6) is 0 Å². The molecule has 159 valence electrons. The molecule has 0 fully saturated rings. The SMILES string of the molecule is C[Si](C)(C)[SiH]([Si](C)(C)C)[Si](C)(C)C.C[Si](C)(C)[Si]([Si](C)(C)C)[Si](C)(C)C. The molecule has 0 rings (SSSR count). The van der Waals surface area contributed by atoms with E-state index >= 15 is 0 Å². The Hall–Kier alpha value is 1.74. The van der Waals surface area contributed by atoms with Crippen LogP contribution in [0, 0.1) is 0 Å². The summed E-state index contributed by atoms with van der Waals surface area (Å²) in [6.45, 7) is 47.1. The van der Waals surface area contributed by atoms with Crippen LogP contribution in [0.15, 0.2) is 0 Å². The third-order valence-electron chi connectivity index (χ3n) is 4.85. The number of hydrogen-bond donors (Lipinski definition) is 0. The van der Waals surface area contributed by atoms with Gasteiger partial charge in [0.2, 0.25) is 0 Å². The molecule has 0 heterocycles. The van der Waals surface area contributed by atoms with Gasteiger partial charge in [0.25, 0.3) is 0 Å². The Morgan fingerprint density at radius 3 is 0.500 bits per heavy atom. The van der Waals surface area contributed by atoms with Crippen LogP contribution in [0.25, 0.3) is 0 Å². The van der Waals surface area contributed by atoms with Gasteiger partial charge in [-0.2, -0.15) is 0 Å². The molecule has 0 N–H and O–H groups in total. The van der Waals surface area contributed by atoms with Crippen molar-refractivity contribution < 1.29 is 0 Å². The fourth-order valence-electron chi connectivity index (χ4n) is 7.27. The van der Waals surface area contributed by atoms with Crippen LogP contribution in [-0.2, 0) is 0 Å². The summed E-state index contributed by atoms with van der Waals surface area (Å²) in [6, 6.07) is 0. The van der Waals surface area contributed by atoms with E-state index in [9.17, 15) is 0 Å². The highest BCUT2D eigenvalue weighted by Crippen LogP contribution is 2.26. The van der Waals surface area contributed by atoms with Crippen molar-refractivity contribution in [3.8, 4) is 0 Å². The largest absolute Gasteiger partial charge is 0.0721 e. The van der Waals surface area contributed by atoms with Gasteiger partial charge in [-0.25, -0.2) is 0 Å². The number of hydrogen-bond acceptors (Lipinski definition) is 0. The molecule has 0 aliphatic carbocycles. The van der Waals surface area contributed by atoms with Crippen LogP contribution in [0.2, 0.25) is 118 Å². The third kappa shape index (κ3) is 11.1. The molecule has 0 aliphatic rings. The summed E-state index contributed by atoms with van der Waals surface area (Å²) in [5.41, 5.74) is 0. The van der Waals surface area contributed by atoms with E-state index in [-0.39, 0.29) is 14.7 Å². The number of rotatable bonds is 6. The highest BCUT2D eigenvalue weighted by molar-refractivity contribution is 7.82. The van der Waals surface area contributed by atoms with Crippen LogP contribution in [-0.4, -0.2) is 60.2 Å². The molecular formula is C18H55Si8. The summed E-state index contributed by atoms with van der Waals surface area (Å²) in [5, 5.41) is 0. The van der Waals surface area contributed by atoms with Gasteiger partial charge in [0.15, 0.2) is 0 Å². The lowest BCUT2D eigenvalue weighted by Gasteiger charge is -2.45. The Morgan fingerprint density at radius 2 is 0.500 bits per heavy atom. The Kier molecular flexibility index (Phi) is 10.7. The first-order valence-electron chi connectivity index (χ1n) is 10.6. The lowest BCUT2D eigenvalue weighted by Crippen LogP contribution is -2.70. The second-order valence-corrected chi connectivity index (χ2v) is 92.4. The summed E-state index contributed by atoms with van der Waals surface area (Å²) < 4.78 is 0.